The van der Waals surface area contributed by atoms with Gasteiger partial charge in [-0.15, -0.1) is 0 Å². The third-order valence-electron chi connectivity index (χ3n) is 12.2. The molecule has 0 aliphatic heterocycles. The first-order valence-corrected chi connectivity index (χ1v) is 19.6. The molecule has 0 unspecified atom stereocenters. The largest absolute Gasteiger partial charge is 0.455 e. The van der Waals surface area contributed by atoms with Gasteiger partial charge in [0.25, 0.3) is 0 Å². The first kappa shape index (κ1) is 31.9. The molecule has 2 heteroatoms. The highest BCUT2D eigenvalue weighted by Gasteiger charge is 2.45. The van der Waals surface area contributed by atoms with Crippen molar-refractivity contribution in [2.75, 3.05) is 0 Å². The zero-order valence-corrected chi connectivity index (χ0v) is 30.9. The average molecular weight is 727 g/mol. The van der Waals surface area contributed by atoms with Crippen LogP contribution in [-0.4, -0.2) is 0 Å². The van der Waals surface area contributed by atoms with E-state index in [0.717, 1.165) is 66.1 Å². The summed E-state index contributed by atoms with van der Waals surface area (Å²) in [4.78, 5) is 0. The minimum atomic E-state index is -0.495. The highest BCUT2D eigenvalue weighted by molar-refractivity contribution is 6.10. The van der Waals surface area contributed by atoms with Crippen molar-refractivity contribution in [1.82, 2.24) is 0 Å². The summed E-state index contributed by atoms with van der Waals surface area (Å²) in [5, 5.41) is 4.57. The van der Waals surface area contributed by atoms with Crippen LogP contribution in [0.4, 0.5) is 0 Å². The van der Waals surface area contributed by atoms with Gasteiger partial charge < -0.3 is 8.83 Å². The maximum Gasteiger partial charge on any atom is 0.143 e. The van der Waals surface area contributed by atoms with Crippen molar-refractivity contribution in [3.63, 3.8) is 0 Å². The zero-order valence-electron chi connectivity index (χ0n) is 30.9. The monoisotopic (exact) mass is 726 g/mol. The summed E-state index contributed by atoms with van der Waals surface area (Å²) in [6.45, 7) is 0. The van der Waals surface area contributed by atoms with Gasteiger partial charge in [0.05, 0.1) is 5.41 Å². The second kappa shape index (κ2) is 12.3. The SMILES string of the molecule is c1ccc2c(c1)-c1ccccc1C2(c1ccc(-c2ccc(-c3cccc4c3oc3ccccc34)cc2)cc1)c1ccc(-c2cccc3c2oc2ccccc23)cc1. The topological polar surface area (TPSA) is 26.3 Å². The Morgan fingerprint density at radius 3 is 1.11 bits per heavy atom. The van der Waals surface area contributed by atoms with E-state index in [0.29, 0.717) is 0 Å². The van der Waals surface area contributed by atoms with Crippen molar-refractivity contribution < 1.29 is 8.83 Å². The Morgan fingerprint density at radius 2 is 0.614 bits per heavy atom. The predicted octanol–water partition coefficient (Wildman–Crippen LogP) is 14.8. The fraction of sp³-hybridized carbons (Fsp3) is 0.0182. The fourth-order valence-electron chi connectivity index (χ4n) is 9.63. The van der Waals surface area contributed by atoms with Crippen molar-refractivity contribution in [3.8, 4) is 44.5 Å². The number of benzene rings is 9. The molecule has 0 spiro atoms. The van der Waals surface area contributed by atoms with Gasteiger partial charge in [0.2, 0.25) is 0 Å². The highest BCUT2D eigenvalue weighted by atomic mass is 16.3. The molecule has 2 heterocycles. The van der Waals surface area contributed by atoms with Gasteiger partial charge in [0.15, 0.2) is 0 Å². The van der Waals surface area contributed by atoms with E-state index in [4.69, 9.17) is 8.83 Å². The van der Waals surface area contributed by atoms with E-state index in [2.05, 4.69) is 182 Å². The molecule has 0 N–H and O–H groups in total. The minimum absolute atomic E-state index is 0.495. The van der Waals surface area contributed by atoms with Crippen LogP contribution in [0.1, 0.15) is 22.3 Å². The molecule has 1 aliphatic carbocycles. The third-order valence-corrected chi connectivity index (χ3v) is 12.2. The van der Waals surface area contributed by atoms with Crippen LogP contribution in [0.15, 0.2) is 215 Å². The molecule has 0 saturated heterocycles. The second-order valence-corrected chi connectivity index (χ2v) is 15.1. The van der Waals surface area contributed by atoms with Gasteiger partial charge in [0.1, 0.15) is 22.3 Å². The molecule has 11 aromatic rings. The average Bonchev–Trinajstić information content (AvgIpc) is 3.95. The van der Waals surface area contributed by atoms with Crippen molar-refractivity contribution in [2.45, 2.75) is 5.41 Å². The Bertz CT molecular complexity index is 3280. The van der Waals surface area contributed by atoms with Gasteiger partial charge in [-0.1, -0.05) is 194 Å². The summed E-state index contributed by atoms with van der Waals surface area (Å²) >= 11 is 0. The lowest BCUT2D eigenvalue weighted by atomic mass is 9.67. The summed E-state index contributed by atoms with van der Waals surface area (Å²) in [5.41, 5.74) is 17.6. The second-order valence-electron chi connectivity index (χ2n) is 15.1. The number of para-hydroxylation sites is 4. The third kappa shape index (κ3) is 4.65. The van der Waals surface area contributed by atoms with E-state index in [1.54, 1.807) is 0 Å². The lowest BCUT2D eigenvalue weighted by molar-refractivity contribution is 0.669. The van der Waals surface area contributed by atoms with Crippen molar-refractivity contribution in [1.29, 1.82) is 0 Å². The van der Waals surface area contributed by atoms with Gasteiger partial charge in [-0.05, 0) is 67.8 Å². The molecular formula is C55H34O2. The van der Waals surface area contributed by atoms with E-state index in [9.17, 15) is 0 Å². The molecule has 0 saturated carbocycles. The van der Waals surface area contributed by atoms with Crippen molar-refractivity contribution >= 4 is 43.9 Å². The van der Waals surface area contributed by atoms with E-state index in [-0.39, 0.29) is 0 Å². The molecule has 1 aliphatic rings. The smallest absolute Gasteiger partial charge is 0.143 e. The van der Waals surface area contributed by atoms with Crippen LogP contribution in [0.5, 0.6) is 0 Å². The van der Waals surface area contributed by atoms with Crippen LogP contribution in [0.2, 0.25) is 0 Å². The van der Waals surface area contributed by atoms with E-state index in [1.165, 1.54) is 44.5 Å². The van der Waals surface area contributed by atoms with Crippen LogP contribution in [0.25, 0.3) is 88.4 Å². The minimum Gasteiger partial charge on any atom is -0.455 e. The lowest BCUT2D eigenvalue weighted by Gasteiger charge is -2.34. The molecule has 2 nitrogen and oxygen atoms in total. The van der Waals surface area contributed by atoms with Crippen molar-refractivity contribution in [3.05, 3.63) is 229 Å². The molecule has 0 amide bonds. The lowest BCUT2D eigenvalue weighted by Crippen LogP contribution is -2.28. The molecule has 12 rings (SSSR count). The summed E-state index contributed by atoms with van der Waals surface area (Å²) in [5.74, 6) is 0. The molecule has 0 fully saturated rings. The van der Waals surface area contributed by atoms with Gasteiger partial charge in [0, 0.05) is 32.7 Å². The van der Waals surface area contributed by atoms with Crippen LogP contribution < -0.4 is 0 Å². The quantitative estimate of drug-likeness (QED) is 0.176. The van der Waals surface area contributed by atoms with Crippen molar-refractivity contribution in [2.24, 2.45) is 0 Å². The summed E-state index contributed by atoms with van der Waals surface area (Å²) < 4.78 is 12.8. The Kier molecular flexibility index (Phi) is 6.88. The number of furan rings is 2. The standard InChI is InChI=1S/C55H34O2/c1-5-19-49-43(11-1)44-12-2-6-20-50(44)55(49,40-33-29-38(30-34-40)42-16-10-18-48-46-14-4-8-22-52(46)57-54(42)48)39-31-27-36(28-32-39)35-23-25-37(26-24-35)41-15-9-17-47-45-13-3-7-21-51(45)56-53(41)47/h1-34H. The Balaban J connectivity index is 0.958. The van der Waals surface area contributed by atoms with Gasteiger partial charge in [-0.25, -0.2) is 0 Å². The molecule has 9 aromatic carbocycles. The molecular weight excluding hydrogens is 693 g/mol. The van der Waals surface area contributed by atoms with Crippen LogP contribution >= 0.6 is 0 Å². The fourth-order valence-corrected chi connectivity index (χ4v) is 9.63. The number of hydrogen-bond donors (Lipinski definition) is 0. The van der Waals surface area contributed by atoms with E-state index >= 15 is 0 Å². The Morgan fingerprint density at radius 1 is 0.263 bits per heavy atom. The Hall–Kier alpha value is -7.42. The Labute approximate surface area is 329 Å². The maximum atomic E-state index is 6.45. The maximum absolute atomic E-state index is 6.45. The number of hydrogen-bond acceptors (Lipinski definition) is 2. The van der Waals surface area contributed by atoms with Gasteiger partial charge in [-0.2, -0.15) is 0 Å². The molecule has 0 atom stereocenters. The van der Waals surface area contributed by atoms with Crippen LogP contribution in [0, 0.1) is 0 Å². The van der Waals surface area contributed by atoms with Gasteiger partial charge in [-0.3, -0.25) is 0 Å². The van der Waals surface area contributed by atoms with Crippen LogP contribution in [0.3, 0.4) is 0 Å². The summed E-state index contributed by atoms with van der Waals surface area (Å²) in [6.07, 6.45) is 0. The zero-order chi connectivity index (χ0) is 37.5. The van der Waals surface area contributed by atoms with Crippen LogP contribution in [-0.2, 0) is 5.41 Å². The number of fused-ring (bicyclic) bond motifs is 9. The first-order chi connectivity index (χ1) is 28.3. The molecule has 57 heavy (non-hydrogen) atoms. The van der Waals surface area contributed by atoms with E-state index in [1.807, 2.05) is 24.3 Å². The highest BCUT2D eigenvalue weighted by Crippen LogP contribution is 2.56. The summed E-state index contributed by atoms with van der Waals surface area (Å²) in [7, 11) is 0. The molecule has 2 aromatic heterocycles. The first-order valence-electron chi connectivity index (χ1n) is 19.6. The number of rotatable bonds is 5. The predicted molar refractivity (Wildman–Crippen MR) is 235 cm³/mol. The normalized spacial score (nSPS) is 13.1. The molecule has 0 radical (unpaired) electrons. The van der Waals surface area contributed by atoms with Gasteiger partial charge >= 0.3 is 0 Å². The molecule has 0 bridgehead atoms. The summed E-state index contributed by atoms with van der Waals surface area (Å²) in [6, 6.07) is 74.6. The van der Waals surface area contributed by atoms with E-state index < -0.39 is 5.41 Å². The molecule has 266 valence electrons.